The predicted molar refractivity (Wildman–Crippen MR) is 68.3 cm³/mol. The minimum Gasteiger partial charge on any atom is -0.316 e. The normalized spacial score (nSPS) is 18.9. The van der Waals surface area contributed by atoms with Crippen LogP contribution in [-0.4, -0.2) is 13.1 Å². The zero-order valence-electron chi connectivity index (χ0n) is 9.21. The minimum absolute atomic E-state index is 0. The van der Waals surface area contributed by atoms with E-state index < -0.39 is 0 Å². The van der Waals surface area contributed by atoms with Crippen LogP contribution in [0.1, 0.15) is 24.8 Å². The molecular formula is C13H17ClFN. The van der Waals surface area contributed by atoms with Crippen molar-refractivity contribution < 1.29 is 4.39 Å². The van der Waals surface area contributed by atoms with Gasteiger partial charge in [0.15, 0.2) is 0 Å². The lowest BCUT2D eigenvalue weighted by Gasteiger charge is -2.03. The smallest absolute Gasteiger partial charge is 0.130 e. The van der Waals surface area contributed by atoms with Crippen LogP contribution in [-0.2, 0) is 0 Å². The van der Waals surface area contributed by atoms with Crippen LogP contribution in [0.15, 0.2) is 29.8 Å². The zero-order valence-corrected chi connectivity index (χ0v) is 10.0. The number of nitrogens with one attached hydrogen (secondary N) is 1. The summed E-state index contributed by atoms with van der Waals surface area (Å²) in [5.74, 6) is -0.123. The average molecular weight is 242 g/mol. The summed E-state index contributed by atoms with van der Waals surface area (Å²) >= 11 is 0. The van der Waals surface area contributed by atoms with Crippen molar-refractivity contribution in [1.82, 2.24) is 5.32 Å². The molecule has 88 valence electrons. The Morgan fingerprint density at radius 2 is 1.94 bits per heavy atom. The first kappa shape index (κ1) is 13.2. The second-order valence-corrected chi connectivity index (χ2v) is 3.93. The topological polar surface area (TPSA) is 12.0 Å². The van der Waals surface area contributed by atoms with Gasteiger partial charge in [-0.25, -0.2) is 4.39 Å². The fraction of sp³-hybridized carbons (Fsp3) is 0.385. The lowest BCUT2D eigenvalue weighted by Crippen LogP contribution is -2.13. The van der Waals surface area contributed by atoms with Gasteiger partial charge in [0, 0.05) is 5.56 Å². The van der Waals surface area contributed by atoms with Crippen LogP contribution in [0.25, 0.3) is 6.08 Å². The SMILES string of the molecule is Cl.Fc1ccccc1/C=C1/CCCNCC1. The first-order chi connectivity index (χ1) is 7.36. The van der Waals surface area contributed by atoms with Crippen LogP contribution in [0.4, 0.5) is 4.39 Å². The average Bonchev–Trinajstić information content (AvgIpc) is 2.50. The summed E-state index contributed by atoms with van der Waals surface area (Å²) in [6.45, 7) is 2.09. The lowest BCUT2D eigenvalue weighted by atomic mass is 10.0. The molecule has 1 aromatic rings. The van der Waals surface area contributed by atoms with Crippen molar-refractivity contribution in [3.8, 4) is 0 Å². The summed E-state index contributed by atoms with van der Waals surface area (Å²) in [6.07, 6.45) is 5.28. The van der Waals surface area contributed by atoms with E-state index in [9.17, 15) is 4.39 Å². The van der Waals surface area contributed by atoms with E-state index in [1.165, 1.54) is 11.6 Å². The van der Waals surface area contributed by atoms with Gasteiger partial charge in [0.05, 0.1) is 0 Å². The van der Waals surface area contributed by atoms with Crippen molar-refractivity contribution in [2.45, 2.75) is 19.3 Å². The van der Waals surface area contributed by atoms with E-state index >= 15 is 0 Å². The van der Waals surface area contributed by atoms with Crippen molar-refractivity contribution in [3.63, 3.8) is 0 Å². The molecule has 0 unspecified atom stereocenters. The van der Waals surface area contributed by atoms with Gasteiger partial charge in [-0.1, -0.05) is 29.8 Å². The fourth-order valence-electron chi connectivity index (χ4n) is 1.90. The van der Waals surface area contributed by atoms with Crippen LogP contribution < -0.4 is 5.32 Å². The molecule has 1 saturated heterocycles. The molecule has 1 heterocycles. The molecule has 1 N–H and O–H groups in total. The van der Waals surface area contributed by atoms with Gasteiger partial charge < -0.3 is 5.32 Å². The first-order valence-electron chi connectivity index (χ1n) is 5.51. The highest BCUT2D eigenvalue weighted by atomic mass is 35.5. The maximum Gasteiger partial charge on any atom is 0.130 e. The van der Waals surface area contributed by atoms with Crippen molar-refractivity contribution in [3.05, 3.63) is 41.2 Å². The van der Waals surface area contributed by atoms with E-state index in [1.54, 1.807) is 6.07 Å². The Labute approximate surface area is 102 Å². The molecule has 0 saturated carbocycles. The van der Waals surface area contributed by atoms with Gasteiger partial charge in [0.25, 0.3) is 0 Å². The summed E-state index contributed by atoms with van der Waals surface area (Å²) in [5.41, 5.74) is 2.07. The van der Waals surface area contributed by atoms with Crippen molar-refractivity contribution >= 4 is 18.5 Å². The number of hydrogen-bond acceptors (Lipinski definition) is 1. The van der Waals surface area contributed by atoms with Crippen LogP contribution in [0.5, 0.6) is 0 Å². The van der Waals surface area contributed by atoms with E-state index in [0.29, 0.717) is 0 Å². The van der Waals surface area contributed by atoms with Gasteiger partial charge in [-0.15, -0.1) is 12.4 Å². The van der Waals surface area contributed by atoms with E-state index in [2.05, 4.69) is 5.32 Å². The quantitative estimate of drug-likeness (QED) is 0.795. The van der Waals surface area contributed by atoms with Gasteiger partial charge in [-0.3, -0.25) is 0 Å². The second kappa shape index (κ2) is 6.66. The Bertz CT molecular complexity index is 353. The molecule has 1 aliphatic rings. The summed E-state index contributed by atoms with van der Waals surface area (Å²) in [6, 6.07) is 6.96. The molecule has 1 aliphatic heterocycles. The number of halogens is 2. The maximum atomic E-state index is 13.4. The minimum atomic E-state index is -0.123. The highest BCUT2D eigenvalue weighted by Crippen LogP contribution is 2.18. The number of benzene rings is 1. The number of hydrogen-bond donors (Lipinski definition) is 1. The van der Waals surface area contributed by atoms with Crippen LogP contribution in [0.2, 0.25) is 0 Å². The zero-order chi connectivity index (χ0) is 10.5. The monoisotopic (exact) mass is 241 g/mol. The highest BCUT2D eigenvalue weighted by Gasteiger charge is 2.04. The van der Waals surface area contributed by atoms with Gasteiger partial charge in [0.2, 0.25) is 0 Å². The lowest BCUT2D eigenvalue weighted by molar-refractivity contribution is 0.625. The van der Waals surface area contributed by atoms with Crippen LogP contribution >= 0.6 is 12.4 Å². The third kappa shape index (κ3) is 3.62. The maximum absolute atomic E-state index is 13.4. The third-order valence-electron chi connectivity index (χ3n) is 2.74. The van der Waals surface area contributed by atoms with Crippen LogP contribution in [0.3, 0.4) is 0 Å². The molecule has 0 amide bonds. The molecule has 0 bridgehead atoms. The Hall–Kier alpha value is -0.860. The molecule has 0 radical (unpaired) electrons. The Kier molecular flexibility index (Phi) is 5.50. The fourth-order valence-corrected chi connectivity index (χ4v) is 1.90. The van der Waals surface area contributed by atoms with E-state index in [4.69, 9.17) is 0 Å². The Morgan fingerprint density at radius 1 is 1.12 bits per heavy atom. The third-order valence-corrected chi connectivity index (χ3v) is 2.74. The predicted octanol–water partition coefficient (Wildman–Crippen LogP) is 3.40. The van der Waals surface area contributed by atoms with Crippen molar-refractivity contribution in [2.24, 2.45) is 0 Å². The van der Waals surface area contributed by atoms with Gasteiger partial charge in [-0.2, -0.15) is 0 Å². The largest absolute Gasteiger partial charge is 0.316 e. The van der Waals surface area contributed by atoms with E-state index in [0.717, 1.165) is 37.9 Å². The molecule has 0 spiro atoms. The van der Waals surface area contributed by atoms with Gasteiger partial charge in [-0.05, 0) is 38.4 Å². The summed E-state index contributed by atoms with van der Waals surface area (Å²) in [4.78, 5) is 0. The van der Waals surface area contributed by atoms with Gasteiger partial charge in [0.1, 0.15) is 5.82 Å². The Balaban J connectivity index is 0.00000128. The molecule has 2 rings (SSSR count). The summed E-state index contributed by atoms with van der Waals surface area (Å²) < 4.78 is 13.4. The van der Waals surface area contributed by atoms with Crippen molar-refractivity contribution in [2.75, 3.05) is 13.1 Å². The van der Waals surface area contributed by atoms with Gasteiger partial charge >= 0.3 is 0 Å². The standard InChI is InChI=1S/C13H16FN.ClH/c14-13-6-2-1-5-12(13)10-11-4-3-8-15-9-7-11;/h1-2,5-6,10,15H,3-4,7-9H2;1H/b11-10-;. The second-order valence-electron chi connectivity index (χ2n) is 3.93. The summed E-state index contributed by atoms with van der Waals surface area (Å²) in [7, 11) is 0. The molecule has 1 nitrogen and oxygen atoms in total. The molecular weight excluding hydrogens is 225 g/mol. The summed E-state index contributed by atoms with van der Waals surface area (Å²) in [5, 5.41) is 3.34. The van der Waals surface area contributed by atoms with Crippen molar-refractivity contribution in [1.29, 1.82) is 0 Å². The van der Waals surface area contributed by atoms with Crippen LogP contribution in [0, 0.1) is 5.82 Å². The molecule has 0 aliphatic carbocycles. The highest BCUT2D eigenvalue weighted by molar-refractivity contribution is 5.85. The van der Waals surface area contributed by atoms with E-state index in [1.807, 2.05) is 18.2 Å². The Morgan fingerprint density at radius 3 is 2.75 bits per heavy atom. The molecule has 1 fully saturated rings. The molecule has 0 aromatic heterocycles. The molecule has 1 aromatic carbocycles. The molecule has 3 heteroatoms. The van der Waals surface area contributed by atoms with E-state index in [-0.39, 0.29) is 18.2 Å². The molecule has 16 heavy (non-hydrogen) atoms. The molecule has 0 atom stereocenters. The first-order valence-corrected chi connectivity index (χ1v) is 5.51. The number of rotatable bonds is 1.